The lowest BCUT2D eigenvalue weighted by molar-refractivity contribution is -0.122. The van der Waals surface area contributed by atoms with Crippen LogP contribution >= 0.6 is 0 Å². The molecule has 0 aliphatic carbocycles. The molecule has 132 valence electrons. The highest BCUT2D eigenvalue weighted by Gasteiger charge is 2.06. The van der Waals surface area contributed by atoms with Gasteiger partial charge in [-0.05, 0) is 17.7 Å². The summed E-state index contributed by atoms with van der Waals surface area (Å²) in [5.74, 6) is -0.121. The Hall–Kier alpha value is -2.82. The molecule has 0 bridgehead atoms. The van der Waals surface area contributed by atoms with E-state index < -0.39 is 0 Å². The first-order valence-electron chi connectivity index (χ1n) is 8.48. The smallest absolute Gasteiger partial charge is 0.224 e. The Morgan fingerprint density at radius 3 is 2.12 bits per heavy atom. The summed E-state index contributed by atoms with van der Waals surface area (Å²) >= 11 is 0. The van der Waals surface area contributed by atoms with Gasteiger partial charge in [0, 0.05) is 38.8 Å². The molecule has 25 heavy (non-hydrogen) atoms. The number of anilines is 1. The first kappa shape index (κ1) is 18.5. The van der Waals surface area contributed by atoms with E-state index in [9.17, 15) is 9.59 Å². The monoisotopic (exact) mass is 339 g/mol. The van der Waals surface area contributed by atoms with Crippen molar-refractivity contribution in [2.75, 3.05) is 31.6 Å². The topological polar surface area (TPSA) is 61.4 Å². The molecule has 0 saturated heterocycles. The summed E-state index contributed by atoms with van der Waals surface area (Å²) in [5, 5.41) is 5.65. The molecule has 5 nitrogen and oxygen atoms in total. The van der Waals surface area contributed by atoms with E-state index in [-0.39, 0.29) is 18.2 Å². The Morgan fingerprint density at radius 2 is 1.44 bits per heavy atom. The molecule has 0 radical (unpaired) electrons. The lowest BCUT2D eigenvalue weighted by atomic mass is 10.1. The second-order valence-electron chi connectivity index (χ2n) is 5.87. The molecule has 2 aromatic rings. The number of carbonyl (C=O) groups is 2. The number of nitrogens with one attached hydrogen (secondary N) is 2. The van der Waals surface area contributed by atoms with Crippen molar-refractivity contribution in [1.82, 2.24) is 10.6 Å². The van der Waals surface area contributed by atoms with Gasteiger partial charge in [-0.15, -0.1) is 0 Å². The third kappa shape index (κ3) is 7.08. The largest absolute Gasteiger partial charge is 0.373 e. The van der Waals surface area contributed by atoms with Crippen LogP contribution in [0.15, 0.2) is 60.7 Å². The Balaban J connectivity index is 1.57. The van der Waals surface area contributed by atoms with Crippen LogP contribution in [-0.4, -0.2) is 38.5 Å². The zero-order valence-corrected chi connectivity index (χ0v) is 14.6. The van der Waals surface area contributed by atoms with Gasteiger partial charge in [0.25, 0.3) is 0 Å². The van der Waals surface area contributed by atoms with Gasteiger partial charge >= 0.3 is 0 Å². The number of likely N-dealkylation sites (N-methyl/N-ethyl adjacent to an activating group) is 1. The van der Waals surface area contributed by atoms with Gasteiger partial charge in [-0.25, -0.2) is 0 Å². The highest BCUT2D eigenvalue weighted by Crippen LogP contribution is 2.09. The summed E-state index contributed by atoms with van der Waals surface area (Å²) < 4.78 is 0. The fraction of sp³-hybridized carbons (Fsp3) is 0.300. The van der Waals surface area contributed by atoms with E-state index in [0.717, 1.165) is 17.8 Å². The van der Waals surface area contributed by atoms with Crippen molar-refractivity contribution in [3.05, 3.63) is 66.2 Å². The van der Waals surface area contributed by atoms with E-state index in [4.69, 9.17) is 0 Å². The Morgan fingerprint density at radius 1 is 0.840 bits per heavy atom. The Kier molecular flexibility index (Phi) is 7.50. The van der Waals surface area contributed by atoms with Crippen molar-refractivity contribution in [2.45, 2.75) is 12.8 Å². The number of nitrogens with zero attached hydrogens (tertiary/aromatic N) is 1. The van der Waals surface area contributed by atoms with Gasteiger partial charge in [0.1, 0.15) is 0 Å². The van der Waals surface area contributed by atoms with E-state index >= 15 is 0 Å². The number of carbonyl (C=O) groups excluding carboxylic acids is 2. The van der Waals surface area contributed by atoms with Crippen LogP contribution in [0.5, 0.6) is 0 Å². The molecule has 0 unspecified atom stereocenters. The first-order valence-corrected chi connectivity index (χ1v) is 8.48. The van der Waals surface area contributed by atoms with Gasteiger partial charge in [0.15, 0.2) is 0 Å². The summed E-state index contributed by atoms with van der Waals surface area (Å²) in [6.07, 6.45) is 0.625. The molecule has 2 N–H and O–H groups in total. The van der Waals surface area contributed by atoms with Crippen LogP contribution in [0.3, 0.4) is 0 Å². The van der Waals surface area contributed by atoms with Crippen LogP contribution in [0.25, 0.3) is 0 Å². The number of rotatable bonds is 9. The third-order valence-corrected chi connectivity index (χ3v) is 3.85. The van der Waals surface area contributed by atoms with Gasteiger partial charge in [0.2, 0.25) is 11.8 Å². The van der Waals surface area contributed by atoms with Crippen molar-refractivity contribution in [3.63, 3.8) is 0 Å². The quantitative estimate of drug-likeness (QED) is 0.734. The molecular weight excluding hydrogens is 314 g/mol. The van der Waals surface area contributed by atoms with Gasteiger partial charge in [-0.3, -0.25) is 9.59 Å². The van der Waals surface area contributed by atoms with Gasteiger partial charge in [-0.2, -0.15) is 0 Å². The maximum atomic E-state index is 11.8. The van der Waals surface area contributed by atoms with Crippen LogP contribution in [0, 0.1) is 0 Å². The lowest BCUT2D eigenvalue weighted by Gasteiger charge is -2.19. The van der Waals surface area contributed by atoms with E-state index in [1.165, 1.54) is 0 Å². The minimum Gasteiger partial charge on any atom is -0.373 e. The molecule has 0 atom stereocenters. The Labute approximate surface area is 149 Å². The molecule has 0 aromatic heterocycles. The number of hydrogen-bond acceptors (Lipinski definition) is 3. The van der Waals surface area contributed by atoms with Crippen LogP contribution < -0.4 is 15.5 Å². The zero-order valence-electron chi connectivity index (χ0n) is 14.6. The maximum Gasteiger partial charge on any atom is 0.224 e. The lowest BCUT2D eigenvalue weighted by Crippen LogP contribution is -2.35. The van der Waals surface area contributed by atoms with Gasteiger partial charge < -0.3 is 15.5 Å². The summed E-state index contributed by atoms with van der Waals surface area (Å²) in [5.41, 5.74) is 2.08. The highest BCUT2D eigenvalue weighted by atomic mass is 16.2. The molecule has 2 rings (SSSR count). The van der Waals surface area contributed by atoms with Crippen molar-refractivity contribution < 1.29 is 9.59 Å². The fourth-order valence-corrected chi connectivity index (χ4v) is 2.42. The first-order chi connectivity index (χ1) is 12.1. The van der Waals surface area contributed by atoms with Gasteiger partial charge in [-0.1, -0.05) is 48.5 Å². The van der Waals surface area contributed by atoms with Crippen LogP contribution in [-0.2, 0) is 16.0 Å². The minimum atomic E-state index is -0.0668. The predicted octanol–water partition coefficient (Wildman–Crippen LogP) is 1.99. The predicted molar refractivity (Wildman–Crippen MR) is 100 cm³/mol. The summed E-state index contributed by atoms with van der Waals surface area (Å²) in [6, 6.07) is 19.6. The highest BCUT2D eigenvalue weighted by molar-refractivity contribution is 5.80. The number of amides is 2. The second-order valence-corrected chi connectivity index (χ2v) is 5.87. The van der Waals surface area contributed by atoms with Crippen molar-refractivity contribution in [2.24, 2.45) is 0 Å². The van der Waals surface area contributed by atoms with Crippen LogP contribution in [0.4, 0.5) is 5.69 Å². The fourth-order valence-electron chi connectivity index (χ4n) is 2.42. The average molecular weight is 339 g/mol. The standard InChI is InChI=1S/C20H25N3O2/c1-23(18-10-6-3-7-11-18)15-14-22-19(24)12-13-21-20(25)16-17-8-4-2-5-9-17/h2-11H,12-16H2,1H3,(H,21,25)(H,22,24). The molecule has 0 saturated carbocycles. The van der Waals surface area contributed by atoms with Crippen molar-refractivity contribution in [1.29, 1.82) is 0 Å². The number of benzene rings is 2. The molecule has 0 heterocycles. The van der Waals surface area contributed by atoms with Gasteiger partial charge in [0.05, 0.1) is 6.42 Å². The molecular formula is C20H25N3O2. The van der Waals surface area contributed by atoms with E-state index in [2.05, 4.69) is 15.5 Å². The van der Waals surface area contributed by atoms with Crippen LogP contribution in [0.1, 0.15) is 12.0 Å². The van der Waals surface area contributed by atoms with Crippen molar-refractivity contribution >= 4 is 17.5 Å². The summed E-state index contributed by atoms with van der Waals surface area (Å²) in [6.45, 7) is 1.66. The zero-order chi connectivity index (χ0) is 17.9. The second kappa shape index (κ2) is 10.1. The SMILES string of the molecule is CN(CCNC(=O)CCNC(=O)Cc1ccccc1)c1ccccc1. The minimum absolute atomic E-state index is 0.0542. The molecule has 0 fully saturated rings. The third-order valence-electron chi connectivity index (χ3n) is 3.85. The molecule has 0 spiro atoms. The van der Waals surface area contributed by atoms with Crippen molar-refractivity contribution in [3.8, 4) is 0 Å². The molecule has 0 aliphatic rings. The number of hydrogen-bond donors (Lipinski definition) is 2. The molecule has 2 amide bonds. The normalized spacial score (nSPS) is 10.1. The number of para-hydroxylation sites is 1. The van der Waals surface area contributed by atoms with E-state index in [0.29, 0.717) is 19.5 Å². The summed E-state index contributed by atoms with van der Waals surface area (Å²) in [7, 11) is 1.99. The molecule has 5 heteroatoms. The summed E-state index contributed by atoms with van der Waals surface area (Å²) in [4.78, 5) is 25.7. The van der Waals surface area contributed by atoms with E-state index in [1.54, 1.807) is 0 Å². The Bertz CT molecular complexity index is 659. The van der Waals surface area contributed by atoms with Crippen LogP contribution in [0.2, 0.25) is 0 Å². The average Bonchev–Trinajstić information content (AvgIpc) is 2.63. The molecule has 0 aliphatic heterocycles. The maximum absolute atomic E-state index is 11.8. The van der Waals surface area contributed by atoms with E-state index in [1.807, 2.05) is 67.7 Å². The molecule has 2 aromatic carbocycles.